The monoisotopic (exact) mass is 426 g/mol. The third-order valence-electron chi connectivity index (χ3n) is 3.43. The molecule has 0 saturated heterocycles. The predicted octanol–water partition coefficient (Wildman–Crippen LogP) is 4.23. The lowest BCUT2D eigenvalue weighted by molar-refractivity contribution is -0.113. The first-order chi connectivity index (χ1) is 12.3. The zero-order valence-corrected chi connectivity index (χ0v) is 16.9. The number of carbonyl (C=O) groups is 1. The molecule has 3 rings (SSSR count). The molecule has 1 amide bonds. The minimum Gasteiger partial charge on any atom is -0.301 e. The van der Waals surface area contributed by atoms with Gasteiger partial charge in [0.25, 0.3) is 0 Å². The molecule has 26 heavy (non-hydrogen) atoms. The number of thiazole rings is 1. The number of amides is 1. The molecule has 0 saturated carbocycles. The summed E-state index contributed by atoms with van der Waals surface area (Å²) in [6, 6.07) is 12.3. The average Bonchev–Trinajstić information content (AvgIpc) is 2.95. The maximum Gasteiger partial charge on any atom is 0.236 e. The Morgan fingerprint density at radius 3 is 2.81 bits per heavy atom. The van der Waals surface area contributed by atoms with Gasteiger partial charge in [0.05, 0.1) is 20.9 Å². The Morgan fingerprint density at radius 2 is 2.08 bits per heavy atom. The molecule has 0 spiro atoms. The smallest absolute Gasteiger partial charge is 0.236 e. The van der Waals surface area contributed by atoms with Gasteiger partial charge in [0, 0.05) is 17.0 Å². The van der Waals surface area contributed by atoms with Gasteiger partial charge in [-0.05, 0) is 35.9 Å². The van der Waals surface area contributed by atoms with E-state index in [-0.39, 0.29) is 16.6 Å². The van der Waals surface area contributed by atoms with E-state index in [2.05, 4.69) is 10.3 Å². The molecule has 0 atom stereocenters. The average molecular weight is 427 g/mol. The lowest BCUT2D eigenvalue weighted by atomic mass is 10.2. The highest BCUT2D eigenvalue weighted by Crippen LogP contribution is 2.28. The van der Waals surface area contributed by atoms with Crippen molar-refractivity contribution in [3.63, 3.8) is 0 Å². The maximum absolute atomic E-state index is 12.1. The maximum atomic E-state index is 12.1. The molecule has 2 aromatic carbocycles. The molecule has 0 aliphatic carbocycles. The van der Waals surface area contributed by atoms with Crippen molar-refractivity contribution < 1.29 is 13.2 Å². The minimum absolute atomic E-state index is 0.153. The van der Waals surface area contributed by atoms with Gasteiger partial charge in [-0.15, -0.1) is 11.8 Å². The fourth-order valence-corrected chi connectivity index (χ4v) is 4.86. The van der Waals surface area contributed by atoms with Crippen LogP contribution in [0.15, 0.2) is 47.4 Å². The molecule has 0 aliphatic rings. The molecule has 9 heteroatoms. The third kappa shape index (κ3) is 4.97. The molecule has 0 fully saturated rings. The topological polar surface area (TPSA) is 76.1 Å². The fraction of sp³-hybridized carbons (Fsp3) is 0.176. The van der Waals surface area contributed by atoms with E-state index in [0.717, 1.165) is 16.5 Å². The molecule has 0 radical (unpaired) electrons. The number of nitrogens with one attached hydrogen (secondary N) is 1. The van der Waals surface area contributed by atoms with Crippen LogP contribution in [-0.4, -0.2) is 31.3 Å². The number of fused-ring (bicyclic) bond motifs is 1. The van der Waals surface area contributed by atoms with E-state index < -0.39 is 9.84 Å². The molecule has 3 aromatic rings. The highest BCUT2D eigenvalue weighted by atomic mass is 35.5. The van der Waals surface area contributed by atoms with E-state index in [1.165, 1.54) is 29.2 Å². The molecule has 1 heterocycles. The van der Waals surface area contributed by atoms with Crippen molar-refractivity contribution in [2.75, 3.05) is 17.3 Å². The summed E-state index contributed by atoms with van der Waals surface area (Å²) in [5, 5.41) is 3.89. The number of benzene rings is 2. The largest absolute Gasteiger partial charge is 0.301 e. The van der Waals surface area contributed by atoms with Crippen molar-refractivity contribution in [2.24, 2.45) is 0 Å². The Morgan fingerprint density at radius 1 is 1.27 bits per heavy atom. The van der Waals surface area contributed by atoms with E-state index >= 15 is 0 Å². The van der Waals surface area contributed by atoms with Crippen LogP contribution in [0.3, 0.4) is 0 Å². The van der Waals surface area contributed by atoms with Gasteiger partial charge in [-0.1, -0.05) is 35.1 Å². The first kappa shape index (κ1) is 19.2. The number of rotatable bonds is 6. The highest BCUT2D eigenvalue weighted by Gasteiger charge is 2.12. The Bertz CT molecular complexity index is 1060. The van der Waals surface area contributed by atoms with Crippen molar-refractivity contribution in [2.45, 2.75) is 10.6 Å². The molecule has 0 bridgehead atoms. The quantitative estimate of drug-likeness (QED) is 0.638. The first-order valence-corrected chi connectivity index (χ1v) is 11.8. The summed E-state index contributed by atoms with van der Waals surface area (Å²) in [7, 11) is -3.27. The second-order valence-corrected chi connectivity index (χ2v) is 10.1. The lowest BCUT2D eigenvalue weighted by Gasteiger charge is -2.03. The van der Waals surface area contributed by atoms with Gasteiger partial charge in [0.15, 0.2) is 15.0 Å². The number of sulfone groups is 1. The summed E-state index contributed by atoms with van der Waals surface area (Å²) in [5.41, 5.74) is 1.72. The number of hydrogen-bond acceptors (Lipinski definition) is 6. The van der Waals surface area contributed by atoms with Crippen molar-refractivity contribution in [1.82, 2.24) is 4.98 Å². The normalized spacial score (nSPS) is 11.6. The van der Waals surface area contributed by atoms with Crippen LogP contribution in [0.5, 0.6) is 0 Å². The number of nitrogens with zero attached hydrogens (tertiary/aromatic N) is 1. The van der Waals surface area contributed by atoms with E-state index in [1.54, 1.807) is 12.1 Å². The number of aromatic nitrogens is 1. The van der Waals surface area contributed by atoms with Crippen LogP contribution >= 0.6 is 34.7 Å². The second kappa shape index (κ2) is 7.96. The van der Waals surface area contributed by atoms with Gasteiger partial charge >= 0.3 is 0 Å². The van der Waals surface area contributed by atoms with Crippen LogP contribution in [0, 0.1) is 0 Å². The zero-order valence-electron chi connectivity index (χ0n) is 13.7. The van der Waals surface area contributed by atoms with E-state index in [9.17, 15) is 13.2 Å². The molecule has 1 N–H and O–H groups in total. The van der Waals surface area contributed by atoms with Crippen molar-refractivity contribution in [3.8, 4) is 0 Å². The van der Waals surface area contributed by atoms with Gasteiger partial charge in [0.1, 0.15) is 0 Å². The van der Waals surface area contributed by atoms with Crippen molar-refractivity contribution in [1.29, 1.82) is 0 Å². The molecular formula is C17H15ClN2O3S3. The summed E-state index contributed by atoms with van der Waals surface area (Å²) in [5.74, 6) is 0.821. The van der Waals surface area contributed by atoms with Crippen molar-refractivity contribution in [3.05, 3.63) is 53.1 Å². The van der Waals surface area contributed by atoms with Crippen molar-refractivity contribution >= 4 is 65.8 Å². The first-order valence-electron chi connectivity index (χ1n) is 7.54. The number of halogens is 1. The Labute approximate surface area is 164 Å². The molecule has 0 aliphatic heterocycles. The van der Waals surface area contributed by atoms with Crippen LogP contribution in [0.1, 0.15) is 5.56 Å². The minimum atomic E-state index is -3.27. The zero-order chi connectivity index (χ0) is 18.7. The Kier molecular flexibility index (Phi) is 5.86. The summed E-state index contributed by atoms with van der Waals surface area (Å²) >= 11 is 8.67. The molecular weight excluding hydrogens is 412 g/mol. The van der Waals surface area contributed by atoms with Crippen LogP contribution in [-0.2, 0) is 20.4 Å². The van der Waals surface area contributed by atoms with Crippen LogP contribution in [0.2, 0.25) is 5.02 Å². The summed E-state index contributed by atoms with van der Waals surface area (Å²) in [4.78, 5) is 16.6. The Balaban J connectivity index is 1.60. The molecule has 5 nitrogen and oxygen atoms in total. The SMILES string of the molecule is CS(=O)(=O)c1ccc2nc(NC(=O)CSCc3cccc(Cl)c3)sc2c1. The van der Waals surface area contributed by atoms with Gasteiger partial charge in [0.2, 0.25) is 5.91 Å². The lowest BCUT2D eigenvalue weighted by Crippen LogP contribution is -2.13. The van der Waals surface area contributed by atoms with Gasteiger partial charge in [-0.25, -0.2) is 13.4 Å². The van der Waals surface area contributed by atoms with Crippen LogP contribution in [0.4, 0.5) is 5.13 Å². The van der Waals surface area contributed by atoms with E-state index in [0.29, 0.717) is 21.4 Å². The van der Waals surface area contributed by atoms with Crippen LogP contribution < -0.4 is 5.32 Å². The van der Waals surface area contributed by atoms with Gasteiger partial charge in [-0.3, -0.25) is 4.79 Å². The second-order valence-electron chi connectivity index (χ2n) is 5.59. The number of carbonyl (C=O) groups excluding carboxylic acids is 1. The molecule has 1 aromatic heterocycles. The standard InChI is InChI=1S/C17H15ClN2O3S3/c1-26(22,23)13-5-6-14-15(8-13)25-17(19-14)20-16(21)10-24-9-11-3-2-4-12(18)7-11/h2-8H,9-10H2,1H3,(H,19,20,21). The van der Waals surface area contributed by atoms with Gasteiger partial charge < -0.3 is 5.32 Å². The number of hydrogen-bond donors (Lipinski definition) is 1. The van der Waals surface area contributed by atoms with Crippen LogP contribution in [0.25, 0.3) is 10.2 Å². The Hall–Kier alpha value is -1.61. The summed E-state index contributed by atoms with van der Waals surface area (Å²) in [6.45, 7) is 0. The van der Waals surface area contributed by atoms with Gasteiger partial charge in [-0.2, -0.15) is 0 Å². The fourth-order valence-electron chi connectivity index (χ4n) is 2.23. The predicted molar refractivity (Wildman–Crippen MR) is 109 cm³/mol. The third-order valence-corrected chi connectivity index (χ3v) is 6.71. The highest BCUT2D eigenvalue weighted by molar-refractivity contribution is 7.99. The van der Waals surface area contributed by atoms with E-state index in [4.69, 9.17) is 11.6 Å². The molecule has 136 valence electrons. The van der Waals surface area contributed by atoms with E-state index in [1.807, 2.05) is 24.3 Å². The number of thioether (sulfide) groups is 1. The summed E-state index contributed by atoms with van der Waals surface area (Å²) in [6.07, 6.45) is 1.16. The molecule has 0 unspecified atom stereocenters. The summed E-state index contributed by atoms with van der Waals surface area (Å²) < 4.78 is 24.0. The number of anilines is 1.